The van der Waals surface area contributed by atoms with Gasteiger partial charge in [-0.15, -0.1) is 0 Å². The van der Waals surface area contributed by atoms with Gasteiger partial charge in [0.15, 0.2) is 0 Å². The Labute approximate surface area is 80.9 Å². The van der Waals surface area contributed by atoms with Gasteiger partial charge in [-0.05, 0) is 20.8 Å². The van der Waals surface area contributed by atoms with Gasteiger partial charge in [0.05, 0.1) is 32.6 Å². The van der Waals surface area contributed by atoms with Crippen LogP contribution in [0.3, 0.4) is 0 Å². The summed E-state index contributed by atoms with van der Waals surface area (Å²) in [5, 5.41) is 8.51. The van der Waals surface area contributed by atoms with Crippen molar-refractivity contribution in [2.45, 2.75) is 39.2 Å². The molecule has 0 radical (unpaired) electrons. The van der Waals surface area contributed by atoms with Gasteiger partial charge in [0, 0.05) is 6.42 Å². The smallest absolute Gasteiger partial charge is 0.303 e. The summed E-state index contributed by atoms with van der Waals surface area (Å²) in [6.07, 6.45) is 1.03. The van der Waals surface area contributed by atoms with Gasteiger partial charge in [0.1, 0.15) is 0 Å². The van der Waals surface area contributed by atoms with E-state index in [1.165, 1.54) is 0 Å². The van der Waals surface area contributed by atoms with Crippen molar-refractivity contribution in [2.24, 2.45) is 0 Å². The van der Waals surface area contributed by atoms with Crippen molar-refractivity contribution in [3.63, 3.8) is 0 Å². The molecule has 0 aliphatic carbocycles. The molecule has 3 nitrogen and oxygen atoms in total. The summed E-state index contributed by atoms with van der Waals surface area (Å²) in [6.45, 7) is 7.44. The molecule has 0 saturated carbocycles. The van der Waals surface area contributed by atoms with Gasteiger partial charge in [-0.2, -0.15) is 0 Å². The van der Waals surface area contributed by atoms with Crippen molar-refractivity contribution in [3.8, 4) is 0 Å². The lowest BCUT2D eigenvalue weighted by atomic mass is 10.0. The predicted molar refractivity (Wildman–Crippen MR) is 53.6 cm³/mol. The molecule has 0 atom stereocenters. The van der Waals surface area contributed by atoms with Crippen LogP contribution < -0.4 is 0 Å². The molecule has 0 unspecified atom stereocenters. The van der Waals surface area contributed by atoms with E-state index in [4.69, 9.17) is 5.11 Å². The van der Waals surface area contributed by atoms with Crippen molar-refractivity contribution in [1.29, 1.82) is 0 Å². The standard InChI is InChI=1S/C10H21NO2/c1-10(2,3)11(4,5)8-6-7-9(12)13/h6-8H2,1-5H3/p+1. The van der Waals surface area contributed by atoms with E-state index < -0.39 is 5.97 Å². The number of carbonyl (C=O) groups is 1. The molecular formula is C10H22NO2+. The Hall–Kier alpha value is -0.570. The molecule has 0 rings (SSSR count). The number of hydrogen-bond acceptors (Lipinski definition) is 1. The fourth-order valence-electron chi connectivity index (χ4n) is 0.961. The van der Waals surface area contributed by atoms with Crippen LogP contribution in [0.5, 0.6) is 0 Å². The monoisotopic (exact) mass is 188 g/mol. The average molecular weight is 188 g/mol. The zero-order valence-electron chi connectivity index (χ0n) is 9.42. The second kappa shape index (κ2) is 4.09. The van der Waals surface area contributed by atoms with Crippen LogP contribution in [0, 0.1) is 0 Å². The first-order valence-corrected chi connectivity index (χ1v) is 4.72. The summed E-state index contributed by atoms with van der Waals surface area (Å²) >= 11 is 0. The Morgan fingerprint density at radius 1 is 1.31 bits per heavy atom. The fourth-order valence-corrected chi connectivity index (χ4v) is 0.961. The van der Waals surface area contributed by atoms with E-state index in [2.05, 4.69) is 34.9 Å². The summed E-state index contributed by atoms with van der Waals surface area (Å²) in [6, 6.07) is 0. The Bertz CT molecular complexity index is 180. The van der Waals surface area contributed by atoms with Crippen LogP contribution in [-0.2, 0) is 4.79 Å². The number of hydrogen-bond donors (Lipinski definition) is 1. The summed E-state index contributed by atoms with van der Waals surface area (Å²) in [5.74, 6) is -0.700. The molecular weight excluding hydrogens is 166 g/mol. The first-order chi connectivity index (χ1) is 5.67. The van der Waals surface area contributed by atoms with Gasteiger partial charge >= 0.3 is 5.97 Å². The van der Waals surface area contributed by atoms with E-state index in [1.807, 2.05) is 0 Å². The van der Waals surface area contributed by atoms with Crippen molar-refractivity contribution >= 4 is 5.97 Å². The molecule has 0 spiro atoms. The molecule has 0 aliphatic heterocycles. The maximum absolute atomic E-state index is 10.3. The normalized spacial score (nSPS) is 13.0. The third-order valence-electron chi connectivity index (χ3n) is 2.92. The molecule has 0 fully saturated rings. The quantitative estimate of drug-likeness (QED) is 0.682. The van der Waals surface area contributed by atoms with Crippen molar-refractivity contribution in [1.82, 2.24) is 0 Å². The Balaban J connectivity index is 3.97. The third kappa shape index (κ3) is 4.27. The van der Waals surface area contributed by atoms with Crippen LogP contribution >= 0.6 is 0 Å². The number of aliphatic carboxylic acids is 1. The number of quaternary nitrogens is 1. The van der Waals surface area contributed by atoms with Crippen molar-refractivity contribution in [3.05, 3.63) is 0 Å². The minimum atomic E-state index is -0.700. The second-order valence-corrected chi connectivity index (χ2v) is 5.08. The topological polar surface area (TPSA) is 37.3 Å². The Morgan fingerprint density at radius 3 is 2.08 bits per heavy atom. The molecule has 0 aromatic carbocycles. The van der Waals surface area contributed by atoms with Gasteiger partial charge in [-0.3, -0.25) is 4.79 Å². The molecule has 0 bridgehead atoms. The zero-order chi connectivity index (χ0) is 10.7. The number of rotatable bonds is 4. The number of nitrogens with zero attached hydrogens (tertiary/aromatic N) is 1. The molecule has 13 heavy (non-hydrogen) atoms. The fraction of sp³-hybridized carbons (Fsp3) is 0.900. The summed E-state index contributed by atoms with van der Waals surface area (Å²) in [5.41, 5.74) is 0.179. The van der Waals surface area contributed by atoms with Crippen molar-refractivity contribution < 1.29 is 14.4 Å². The minimum Gasteiger partial charge on any atom is -0.481 e. The molecule has 78 valence electrons. The van der Waals surface area contributed by atoms with E-state index in [0.717, 1.165) is 17.4 Å². The van der Waals surface area contributed by atoms with E-state index >= 15 is 0 Å². The van der Waals surface area contributed by atoms with Gasteiger partial charge in [-0.1, -0.05) is 0 Å². The highest BCUT2D eigenvalue weighted by atomic mass is 16.4. The molecule has 0 aromatic heterocycles. The van der Waals surface area contributed by atoms with Crippen LogP contribution in [0.15, 0.2) is 0 Å². The molecule has 3 heteroatoms. The minimum absolute atomic E-state index is 0.179. The van der Waals surface area contributed by atoms with Gasteiger partial charge in [-0.25, -0.2) is 0 Å². The highest BCUT2D eigenvalue weighted by Crippen LogP contribution is 2.19. The van der Waals surface area contributed by atoms with Gasteiger partial charge < -0.3 is 9.59 Å². The van der Waals surface area contributed by atoms with Gasteiger partial charge in [0.2, 0.25) is 0 Å². The largest absolute Gasteiger partial charge is 0.481 e. The predicted octanol–water partition coefficient (Wildman–Crippen LogP) is 1.73. The first kappa shape index (κ1) is 12.4. The lowest BCUT2D eigenvalue weighted by molar-refractivity contribution is -0.935. The summed E-state index contributed by atoms with van der Waals surface area (Å²) in [4.78, 5) is 10.3. The molecule has 0 amide bonds. The molecule has 0 aromatic rings. The van der Waals surface area contributed by atoms with Crippen LogP contribution in [0.25, 0.3) is 0 Å². The van der Waals surface area contributed by atoms with Crippen molar-refractivity contribution in [2.75, 3.05) is 20.6 Å². The average Bonchev–Trinajstić information content (AvgIpc) is 1.82. The highest BCUT2D eigenvalue weighted by Gasteiger charge is 2.30. The molecule has 0 aliphatic rings. The highest BCUT2D eigenvalue weighted by molar-refractivity contribution is 5.66. The Kier molecular flexibility index (Phi) is 3.91. The zero-order valence-corrected chi connectivity index (χ0v) is 9.42. The van der Waals surface area contributed by atoms with Crippen LogP contribution in [0.1, 0.15) is 33.6 Å². The molecule has 1 N–H and O–H groups in total. The van der Waals surface area contributed by atoms with E-state index in [0.29, 0.717) is 0 Å². The third-order valence-corrected chi connectivity index (χ3v) is 2.92. The van der Waals surface area contributed by atoms with Crippen LogP contribution in [-0.4, -0.2) is 41.7 Å². The maximum atomic E-state index is 10.3. The molecule has 0 saturated heterocycles. The molecule has 0 heterocycles. The van der Waals surface area contributed by atoms with E-state index in [-0.39, 0.29) is 12.0 Å². The van der Waals surface area contributed by atoms with Crippen LogP contribution in [0.4, 0.5) is 0 Å². The summed E-state index contributed by atoms with van der Waals surface area (Å²) in [7, 11) is 4.28. The Morgan fingerprint density at radius 2 is 1.77 bits per heavy atom. The first-order valence-electron chi connectivity index (χ1n) is 4.72. The lowest BCUT2D eigenvalue weighted by Crippen LogP contribution is -2.54. The maximum Gasteiger partial charge on any atom is 0.303 e. The van der Waals surface area contributed by atoms with E-state index in [1.54, 1.807) is 0 Å². The second-order valence-electron chi connectivity index (χ2n) is 5.08. The summed E-state index contributed by atoms with van der Waals surface area (Å²) < 4.78 is 0.861. The lowest BCUT2D eigenvalue weighted by Gasteiger charge is -2.42. The number of carboxylic acids is 1. The van der Waals surface area contributed by atoms with Gasteiger partial charge in [0.25, 0.3) is 0 Å². The SMILES string of the molecule is CC(C)(C)[N+](C)(C)CCCC(=O)O. The van der Waals surface area contributed by atoms with Crippen LogP contribution in [0.2, 0.25) is 0 Å². The number of carboxylic acid groups (broad SMARTS) is 1. The van der Waals surface area contributed by atoms with E-state index in [9.17, 15) is 4.79 Å².